The van der Waals surface area contributed by atoms with Gasteiger partial charge in [0.25, 0.3) is 0 Å². The molecule has 90 valence electrons. The summed E-state index contributed by atoms with van der Waals surface area (Å²) in [4.78, 5) is 0. The summed E-state index contributed by atoms with van der Waals surface area (Å²) in [6.07, 6.45) is 8.12. The fraction of sp³-hybridized carbons (Fsp3) is 0.700. The van der Waals surface area contributed by atoms with Gasteiger partial charge in [-0.15, -0.1) is 0 Å². The molecule has 5 nitrogen and oxygen atoms in total. The van der Waals surface area contributed by atoms with Crippen LogP contribution in [-0.2, 0) is 16.6 Å². The third-order valence-electron chi connectivity index (χ3n) is 3.02. The molecule has 0 aromatic carbocycles. The molecule has 0 radical (unpaired) electrons. The molecule has 1 aliphatic carbocycles. The average Bonchev–Trinajstić information content (AvgIpc) is 2.81. The van der Waals surface area contributed by atoms with Crippen molar-refractivity contribution in [2.45, 2.75) is 43.9 Å². The minimum absolute atomic E-state index is 0.201. The topological polar surface area (TPSA) is 74.8 Å². The molecule has 1 saturated carbocycles. The molecule has 16 heavy (non-hydrogen) atoms. The Balaban J connectivity index is 1.91. The van der Waals surface area contributed by atoms with E-state index in [1.165, 1.54) is 0 Å². The molecule has 1 fully saturated rings. The van der Waals surface area contributed by atoms with Crippen LogP contribution in [0.2, 0.25) is 0 Å². The van der Waals surface area contributed by atoms with E-state index in [0.29, 0.717) is 6.54 Å². The summed E-state index contributed by atoms with van der Waals surface area (Å²) in [7, 11) is -3.15. The minimum Gasteiger partial charge on any atom is -0.285 e. The van der Waals surface area contributed by atoms with Crippen LogP contribution in [0, 0.1) is 0 Å². The highest BCUT2D eigenvalue weighted by molar-refractivity contribution is 7.90. The second-order valence-corrected chi connectivity index (χ2v) is 6.28. The molecule has 6 heteroatoms. The Kier molecular flexibility index (Phi) is 3.60. The van der Waals surface area contributed by atoms with Crippen molar-refractivity contribution in [1.29, 1.82) is 0 Å². The molecule has 0 saturated heterocycles. The first kappa shape index (κ1) is 11.6. The van der Waals surface area contributed by atoms with Crippen molar-refractivity contribution >= 4 is 10.0 Å². The number of rotatable bonds is 4. The Morgan fingerprint density at radius 2 is 2.12 bits per heavy atom. The molecule has 0 aliphatic heterocycles. The standard InChI is InChI=1S/C10H17N3O2S/c14-16(15,10-4-2-1-3-5-10)13-8-9-6-11-12-7-9/h6-7,10,13H,1-5,8H2,(H,11,12). The van der Waals surface area contributed by atoms with Crippen LogP contribution >= 0.6 is 0 Å². The lowest BCUT2D eigenvalue weighted by Crippen LogP contribution is -2.35. The van der Waals surface area contributed by atoms with Crippen molar-refractivity contribution in [3.63, 3.8) is 0 Å². The predicted molar refractivity (Wildman–Crippen MR) is 61.2 cm³/mol. The van der Waals surface area contributed by atoms with Gasteiger partial charge in [-0.05, 0) is 12.8 Å². The highest BCUT2D eigenvalue weighted by Crippen LogP contribution is 2.23. The molecule has 0 amide bonds. The largest absolute Gasteiger partial charge is 0.285 e. The first-order valence-corrected chi connectivity index (χ1v) is 7.19. The monoisotopic (exact) mass is 243 g/mol. The van der Waals surface area contributed by atoms with Crippen molar-refractivity contribution in [2.24, 2.45) is 0 Å². The number of nitrogens with one attached hydrogen (secondary N) is 2. The zero-order valence-electron chi connectivity index (χ0n) is 9.15. The number of aromatic nitrogens is 2. The normalized spacial score (nSPS) is 18.8. The van der Waals surface area contributed by atoms with Gasteiger partial charge in [0.1, 0.15) is 0 Å². The van der Waals surface area contributed by atoms with E-state index in [1.54, 1.807) is 12.4 Å². The first-order valence-electron chi connectivity index (χ1n) is 5.64. The first-order chi connectivity index (χ1) is 7.68. The Morgan fingerprint density at radius 3 is 2.75 bits per heavy atom. The highest BCUT2D eigenvalue weighted by atomic mass is 32.2. The van der Waals surface area contributed by atoms with Crippen LogP contribution in [0.15, 0.2) is 12.4 Å². The van der Waals surface area contributed by atoms with Gasteiger partial charge in [-0.3, -0.25) is 5.10 Å². The Bertz CT molecular complexity index is 407. The van der Waals surface area contributed by atoms with Gasteiger partial charge in [0.05, 0.1) is 11.4 Å². The van der Waals surface area contributed by atoms with Crippen molar-refractivity contribution < 1.29 is 8.42 Å². The molecular weight excluding hydrogens is 226 g/mol. The van der Waals surface area contributed by atoms with Crippen molar-refractivity contribution in [3.05, 3.63) is 18.0 Å². The van der Waals surface area contributed by atoms with Gasteiger partial charge in [-0.25, -0.2) is 13.1 Å². The van der Waals surface area contributed by atoms with Gasteiger partial charge < -0.3 is 0 Å². The van der Waals surface area contributed by atoms with E-state index in [0.717, 1.165) is 37.7 Å². The lowest BCUT2D eigenvalue weighted by Gasteiger charge is -2.21. The van der Waals surface area contributed by atoms with E-state index in [-0.39, 0.29) is 5.25 Å². The lowest BCUT2D eigenvalue weighted by molar-refractivity contribution is 0.477. The van der Waals surface area contributed by atoms with Crippen LogP contribution in [0.3, 0.4) is 0 Å². The zero-order valence-corrected chi connectivity index (χ0v) is 9.96. The second-order valence-electron chi connectivity index (χ2n) is 4.23. The molecule has 0 unspecified atom stereocenters. The summed E-state index contributed by atoms with van der Waals surface area (Å²) in [5.41, 5.74) is 0.861. The van der Waals surface area contributed by atoms with Crippen LogP contribution in [-0.4, -0.2) is 23.9 Å². The fourth-order valence-electron chi connectivity index (χ4n) is 2.05. The molecule has 0 atom stereocenters. The quantitative estimate of drug-likeness (QED) is 0.833. The molecule has 1 heterocycles. The van der Waals surface area contributed by atoms with E-state index >= 15 is 0 Å². The maximum atomic E-state index is 11.9. The molecule has 1 aromatic rings. The number of sulfonamides is 1. The Labute approximate surface area is 95.7 Å². The molecule has 0 bridgehead atoms. The molecule has 1 aromatic heterocycles. The lowest BCUT2D eigenvalue weighted by atomic mass is 10.0. The van der Waals surface area contributed by atoms with Gasteiger partial charge >= 0.3 is 0 Å². The zero-order chi connectivity index (χ0) is 11.4. The van der Waals surface area contributed by atoms with E-state index in [2.05, 4.69) is 14.9 Å². The average molecular weight is 243 g/mol. The minimum atomic E-state index is -3.15. The van der Waals surface area contributed by atoms with Gasteiger partial charge in [-0.2, -0.15) is 5.10 Å². The summed E-state index contributed by atoms with van der Waals surface area (Å²) in [5.74, 6) is 0. The number of hydrogen-bond acceptors (Lipinski definition) is 3. The molecule has 2 N–H and O–H groups in total. The number of hydrogen-bond donors (Lipinski definition) is 2. The molecule has 2 rings (SSSR count). The van der Waals surface area contributed by atoms with E-state index < -0.39 is 10.0 Å². The predicted octanol–water partition coefficient (Wildman–Crippen LogP) is 1.16. The molecular formula is C10H17N3O2S. The van der Waals surface area contributed by atoms with E-state index in [9.17, 15) is 8.42 Å². The summed E-state index contributed by atoms with van der Waals surface area (Å²) in [5, 5.41) is 6.24. The Morgan fingerprint density at radius 1 is 1.38 bits per heavy atom. The number of H-pyrrole nitrogens is 1. The van der Waals surface area contributed by atoms with Gasteiger partial charge in [0, 0.05) is 18.3 Å². The summed E-state index contributed by atoms with van der Waals surface area (Å²) in [6.45, 7) is 0.329. The van der Waals surface area contributed by atoms with Crippen molar-refractivity contribution in [3.8, 4) is 0 Å². The van der Waals surface area contributed by atoms with Crippen LogP contribution in [0.4, 0.5) is 0 Å². The van der Waals surface area contributed by atoms with E-state index in [1.807, 2.05) is 0 Å². The van der Waals surface area contributed by atoms with Crippen LogP contribution in [0.1, 0.15) is 37.7 Å². The van der Waals surface area contributed by atoms with Crippen LogP contribution < -0.4 is 4.72 Å². The maximum Gasteiger partial charge on any atom is 0.214 e. The smallest absolute Gasteiger partial charge is 0.214 e. The fourth-order valence-corrected chi connectivity index (χ4v) is 3.61. The van der Waals surface area contributed by atoms with Crippen LogP contribution in [0.5, 0.6) is 0 Å². The Hall–Kier alpha value is -0.880. The van der Waals surface area contributed by atoms with Crippen LogP contribution in [0.25, 0.3) is 0 Å². The number of aromatic amines is 1. The highest BCUT2D eigenvalue weighted by Gasteiger charge is 2.26. The van der Waals surface area contributed by atoms with Gasteiger partial charge in [0.2, 0.25) is 10.0 Å². The SMILES string of the molecule is O=S(=O)(NCc1cn[nH]c1)C1CCCCC1. The molecule has 1 aliphatic rings. The molecule has 0 spiro atoms. The van der Waals surface area contributed by atoms with E-state index in [4.69, 9.17) is 0 Å². The van der Waals surface area contributed by atoms with Crippen molar-refractivity contribution in [1.82, 2.24) is 14.9 Å². The summed E-state index contributed by atoms with van der Waals surface area (Å²) < 4.78 is 26.5. The number of nitrogens with zero attached hydrogens (tertiary/aromatic N) is 1. The summed E-state index contributed by atoms with van der Waals surface area (Å²) in [6, 6.07) is 0. The summed E-state index contributed by atoms with van der Waals surface area (Å²) >= 11 is 0. The third-order valence-corrected chi connectivity index (χ3v) is 4.92. The van der Waals surface area contributed by atoms with Gasteiger partial charge in [-0.1, -0.05) is 19.3 Å². The third kappa shape index (κ3) is 2.82. The van der Waals surface area contributed by atoms with Gasteiger partial charge in [0.15, 0.2) is 0 Å². The van der Waals surface area contributed by atoms with Crippen molar-refractivity contribution in [2.75, 3.05) is 0 Å². The maximum absolute atomic E-state index is 11.9. The second kappa shape index (κ2) is 4.97.